The van der Waals surface area contributed by atoms with Crippen LogP contribution in [0, 0.1) is 0 Å². The monoisotopic (exact) mass is 179 g/mol. The summed E-state index contributed by atoms with van der Waals surface area (Å²) in [5.74, 6) is -0.151. The van der Waals surface area contributed by atoms with E-state index in [0.717, 1.165) is 0 Å². The topological polar surface area (TPSA) is 29.1 Å². The molecule has 1 N–H and O–H groups in total. The van der Waals surface area contributed by atoms with Crippen molar-refractivity contribution in [2.75, 3.05) is 5.32 Å². The van der Waals surface area contributed by atoms with Crippen LogP contribution in [0.1, 0.15) is 6.92 Å². The largest absolute Gasteiger partial charge is 0.325 e. The van der Waals surface area contributed by atoms with Crippen molar-refractivity contribution in [1.29, 1.82) is 0 Å². The number of anilines is 1. The molecule has 0 aliphatic carbocycles. The summed E-state index contributed by atoms with van der Waals surface area (Å²) in [5, 5.41) is 3.02. The van der Waals surface area contributed by atoms with Gasteiger partial charge in [0.2, 0.25) is 5.91 Å². The lowest BCUT2D eigenvalue weighted by atomic mass is 9.96. The summed E-state index contributed by atoms with van der Waals surface area (Å²) in [5.41, 5.74) is 1.16. The molecule has 1 aromatic carbocycles. The van der Waals surface area contributed by atoms with Crippen molar-refractivity contribution in [2.24, 2.45) is 0 Å². The highest BCUT2D eigenvalue weighted by atomic mass is 35.5. The second kappa shape index (κ2) is 3.63. The summed E-state index contributed by atoms with van der Waals surface area (Å²) in [6.45, 7) is 1.42. The first kappa shape index (κ1) is 9.14. The summed E-state index contributed by atoms with van der Waals surface area (Å²) in [6, 6.07) is 4.93. The van der Waals surface area contributed by atoms with Crippen LogP contribution in [0.4, 0.5) is 5.69 Å². The van der Waals surface area contributed by atoms with Gasteiger partial charge in [0.05, 0.1) is 10.7 Å². The molecule has 2 radical (unpaired) electrons. The van der Waals surface area contributed by atoms with Crippen molar-refractivity contribution >= 4 is 36.5 Å². The smallest absolute Gasteiger partial charge is 0.221 e. The van der Waals surface area contributed by atoms with E-state index in [-0.39, 0.29) is 5.91 Å². The fourth-order valence-corrected chi connectivity index (χ4v) is 1.06. The van der Waals surface area contributed by atoms with Gasteiger partial charge in [0, 0.05) is 6.92 Å². The highest BCUT2D eigenvalue weighted by Gasteiger charge is 2.00. The fraction of sp³-hybridized carbons (Fsp3) is 0.125. The van der Waals surface area contributed by atoms with Crippen molar-refractivity contribution < 1.29 is 4.79 Å². The fourth-order valence-electron chi connectivity index (χ4n) is 0.822. The number of carbonyl (C=O) groups excluding carboxylic acids is 1. The van der Waals surface area contributed by atoms with Crippen LogP contribution in [0.3, 0.4) is 0 Å². The molecule has 2 nitrogen and oxygen atoms in total. The third kappa shape index (κ3) is 2.27. The Bertz CT molecular complexity index is 314. The lowest BCUT2D eigenvalue weighted by Gasteiger charge is -2.04. The number of hydrogen-bond acceptors (Lipinski definition) is 1. The molecule has 0 fully saturated rings. The normalized spacial score (nSPS) is 9.50. The Labute approximate surface area is 77.3 Å². The molecule has 0 aliphatic heterocycles. The quantitative estimate of drug-likeness (QED) is 0.643. The molecule has 0 saturated carbocycles. The van der Waals surface area contributed by atoms with E-state index in [1.807, 2.05) is 0 Å². The van der Waals surface area contributed by atoms with Crippen molar-refractivity contribution in [3.05, 3.63) is 23.2 Å². The van der Waals surface area contributed by atoms with Crippen LogP contribution in [0.15, 0.2) is 18.2 Å². The number of benzene rings is 1. The Morgan fingerprint density at radius 1 is 1.58 bits per heavy atom. The third-order valence-electron chi connectivity index (χ3n) is 1.30. The predicted molar refractivity (Wildman–Crippen MR) is 51.1 cm³/mol. The molecule has 4 heteroatoms. The van der Waals surface area contributed by atoms with E-state index in [9.17, 15) is 4.79 Å². The minimum atomic E-state index is -0.151. The molecule has 0 spiro atoms. The number of halogens is 1. The van der Waals surface area contributed by atoms with Gasteiger partial charge >= 0.3 is 0 Å². The SMILES string of the molecule is [B]c1ccc(NC(C)=O)c(Cl)c1. The van der Waals surface area contributed by atoms with Crippen LogP contribution in [-0.4, -0.2) is 13.8 Å². The molecule has 0 bridgehead atoms. The molecule has 1 rings (SSSR count). The van der Waals surface area contributed by atoms with Crippen LogP contribution >= 0.6 is 11.6 Å². The Hall–Kier alpha value is -0.955. The lowest BCUT2D eigenvalue weighted by molar-refractivity contribution is -0.114. The third-order valence-corrected chi connectivity index (χ3v) is 1.62. The molecule has 0 aliphatic rings. The molecule has 60 valence electrons. The highest BCUT2D eigenvalue weighted by molar-refractivity contribution is 6.38. The van der Waals surface area contributed by atoms with E-state index in [2.05, 4.69) is 5.32 Å². The van der Waals surface area contributed by atoms with Gasteiger partial charge in [0.1, 0.15) is 7.85 Å². The maximum absolute atomic E-state index is 10.6. The summed E-state index contributed by atoms with van der Waals surface area (Å²) in [7, 11) is 5.46. The molecular formula is C8H7BClNO. The van der Waals surface area contributed by atoms with Gasteiger partial charge < -0.3 is 5.32 Å². The Morgan fingerprint density at radius 2 is 2.25 bits per heavy atom. The van der Waals surface area contributed by atoms with E-state index >= 15 is 0 Å². The van der Waals surface area contributed by atoms with Crippen LogP contribution in [-0.2, 0) is 4.79 Å². The maximum Gasteiger partial charge on any atom is 0.221 e. The van der Waals surface area contributed by atoms with E-state index in [1.54, 1.807) is 18.2 Å². The summed E-state index contributed by atoms with van der Waals surface area (Å²) in [6.07, 6.45) is 0. The highest BCUT2D eigenvalue weighted by Crippen LogP contribution is 2.18. The van der Waals surface area contributed by atoms with Crippen LogP contribution in [0.5, 0.6) is 0 Å². The Morgan fingerprint density at radius 3 is 2.75 bits per heavy atom. The number of nitrogens with one attached hydrogen (secondary N) is 1. The van der Waals surface area contributed by atoms with Gasteiger partial charge in [-0.15, -0.1) is 0 Å². The molecule has 1 amide bonds. The predicted octanol–water partition coefficient (Wildman–Crippen LogP) is 1.09. The first-order valence-corrected chi connectivity index (χ1v) is 3.80. The average molecular weight is 179 g/mol. The molecule has 0 saturated heterocycles. The standard InChI is InChI=1S/C8H7BClNO/c1-5(12)11-8-3-2-6(9)4-7(8)10/h2-4H,1H3,(H,11,12). The summed E-state index contributed by atoms with van der Waals surface area (Å²) in [4.78, 5) is 10.6. The minimum absolute atomic E-state index is 0.151. The van der Waals surface area contributed by atoms with Gasteiger partial charge in [-0.1, -0.05) is 23.1 Å². The minimum Gasteiger partial charge on any atom is -0.325 e. The molecular weight excluding hydrogens is 172 g/mol. The summed E-state index contributed by atoms with van der Waals surface area (Å²) < 4.78 is 0. The molecule has 0 atom stereocenters. The van der Waals surface area contributed by atoms with E-state index < -0.39 is 0 Å². The van der Waals surface area contributed by atoms with Crippen molar-refractivity contribution in [3.8, 4) is 0 Å². The first-order valence-electron chi connectivity index (χ1n) is 3.42. The van der Waals surface area contributed by atoms with E-state index in [1.165, 1.54) is 6.92 Å². The van der Waals surface area contributed by atoms with Gasteiger partial charge in [-0.2, -0.15) is 0 Å². The van der Waals surface area contributed by atoms with Gasteiger partial charge in [-0.05, 0) is 12.1 Å². The second-order valence-electron chi connectivity index (χ2n) is 2.42. The van der Waals surface area contributed by atoms with Crippen LogP contribution in [0.25, 0.3) is 0 Å². The number of hydrogen-bond donors (Lipinski definition) is 1. The van der Waals surface area contributed by atoms with Gasteiger partial charge in [-0.25, -0.2) is 0 Å². The number of amides is 1. The number of carbonyl (C=O) groups is 1. The van der Waals surface area contributed by atoms with Crippen LogP contribution < -0.4 is 10.8 Å². The van der Waals surface area contributed by atoms with Crippen LogP contribution in [0.2, 0.25) is 5.02 Å². The Balaban J connectivity index is 2.93. The van der Waals surface area contributed by atoms with Crippen molar-refractivity contribution in [2.45, 2.75) is 6.92 Å². The van der Waals surface area contributed by atoms with Gasteiger partial charge in [-0.3, -0.25) is 4.79 Å². The van der Waals surface area contributed by atoms with Gasteiger partial charge in [0.15, 0.2) is 0 Å². The first-order chi connectivity index (χ1) is 5.59. The van der Waals surface area contributed by atoms with E-state index in [4.69, 9.17) is 19.4 Å². The Kier molecular flexibility index (Phi) is 2.76. The maximum atomic E-state index is 10.6. The average Bonchev–Trinajstić information content (AvgIpc) is 1.94. The second-order valence-corrected chi connectivity index (χ2v) is 2.83. The molecule has 0 heterocycles. The van der Waals surface area contributed by atoms with Gasteiger partial charge in [0.25, 0.3) is 0 Å². The zero-order valence-electron chi connectivity index (χ0n) is 6.60. The molecule has 1 aromatic rings. The molecule has 12 heavy (non-hydrogen) atoms. The summed E-state index contributed by atoms with van der Waals surface area (Å²) >= 11 is 5.78. The van der Waals surface area contributed by atoms with Crippen molar-refractivity contribution in [3.63, 3.8) is 0 Å². The zero-order valence-corrected chi connectivity index (χ0v) is 7.35. The molecule has 0 unspecified atom stereocenters. The van der Waals surface area contributed by atoms with E-state index in [0.29, 0.717) is 16.2 Å². The van der Waals surface area contributed by atoms with Crippen molar-refractivity contribution in [1.82, 2.24) is 0 Å². The zero-order chi connectivity index (χ0) is 9.14. The number of rotatable bonds is 1. The lowest BCUT2D eigenvalue weighted by Crippen LogP contribution is -2.08. The molecule has 0 aromatic heterocycles.